The molecule has 0 bridgehead atoms. The van der Waals surface area contributed by atoms with Crippen molar-refractivity contribution < 1.29 is 19.6 Å². The summed E-state index contributed by atoms with van der Waals surface area (Å²) in [7, 11) is 0. The largest absolute Gasteiger partial charge is 0.478 e. The third-order valence-corrected chi connectivity index (χ3v) is 2.73. The van der Waals surface area contributed by atoms with E-state index in [4.69, 9.17) is 10.8 Å². The number of carbonyl (C=O) groups excluding carboxylic acids is 1. The number of nitro benzene ring substituents is 1. The van der Waals surface area contributed by atoms with Crippen LogP contribution in [0, 0.1) is 16.0 Å². The quantitative estimate of drug-likeness (QED) is 0.529. The van der Waals surface area contributed by atoms with Gasteiger partial charge in [-0.2, -0.15) is 0 Å². The number of amides is 1. The lowest BCUT2D eigenvalue weighted by atomic mass is 10.0. The molecule has 20 heavy (non-hydrogen) atoms. The smallest absolute Gasteiger partial charge is 0.335 e. The van der Waals surface area contributed by atoms with Gasteiger partial charge in [-0.25, -0.2) is 4.79 Å². The maximum atomic E-state index is 11.3. The molecule has 108 valence electrons. The van der Waals surface area contributed by atoms with Crippen molar-refractivity contribution in [3.63, 3.8) is 0 Å². The van der Waals surface area contributed by atoms with Crippen molar-refractivity contribution in [3.8, 4) is 0 Å². The van der Waals surface area contributed by atoms with Crippen LogP contribution in [0.3, 0.4) is 0 Å². The summed E-state index contributed by atoms with van der Waals surface area (Å²) in [5, 5.41) is 22.5. The van der Waals surface area contributed by atoms with Crippen LogP contribution in [0.2, 0.25) is 0 Å². The predicted octanol–water partition coefficient (Wildman–Crippen LogP) is 1.21. The SMILES string of the molecule is CC(C)C(Nc1ccc(C(=O)O)cc1[N+](=O)[O-])C(N)=O. The lowest BCUT2D eigenvalue weighted by Gasteiger charge is -2.20. The van der Waals surface area contributed by atoms with E-state index in [2.05, 4.69) is 5.32 Å². The Kier molecular flexibility index (Phi) is 4.63. The molecule has 0 spiro atoms. The first-order valence-electron chi connectivity index (χ1n) is 5.81. The fraction of sp³-hybridized carbons (Fsp3) is 0.333. The Morgan fingerprint density at radius 1 is 1.40 bits per heavy atom. The van der Waals surface area contributed by atoms with Crippen LogP contribution in [0.15, 0.2) is 18.2 Å². The Labute approximate surface area is 114 Å². The van der Waals surface area contributed by atoms with Gasteiger partial charge in [0.05, 0.1) is 10.5 Å². The Morgan fingerprint density at radius 2 is 2.00 bits per heavy atom. The monoisotopic (exact) mass is 281 g/mol. The van der Waals surface area contributed by atoms with Gasteiger partial charge in [-0.15, -0.1) is 0 Å². The summed E-state index contributed by atoms with van der Waals surface area (Å²) in [5.74, 6) is -2.09. The molecule has 0 aliphatic rings. The number of carboxylic acid groups (broad SMARTS) is 1. The summed E-state index contributed by atoms with van der Waals surface area (Å²) in [6, 6.07) is 2.61. The minimum atomic E-state index is -1.27. The molecule has 1 amide bonds. The Hall–Kier alpha value is -2.64. The third kappa shape index (κ3) is 3.44. The van der Waals surface area contributed by atoms with Gasteiger partial charge in [-0.05, 0) is 18.1 Å². The average Bonchev–Trinajstić information content (AvgIpc) is 2.34. The van der Waals surface area contributed by atoms with Crippen LogP contribution in [0.1, 0.15) is 24.2 Å². The van der Waals surface area contributed by atoms with Crippen molar-refractivity contribution in [2.24, 2.45) is 11.7 Å². The van der Waals surface area contributed by atoms with Crippen molar-refractivity contribution in [3.05, 3.63) is 33.9 Å². The van der Waals surface area contributed by atoms with Crippen LogP contribution in [-0.2, 0) is 4.79 Å². The van der Waals surface area contributed by atoms with Crippen molar-refractivity contribution >= 4 is 23.3 Å². The van der Waals surface area contributed by atoms with Gasteiger partial charge in [-0.3, -0.25) is 14.9 Å². The summed E-state index contributed by atoms with van der Waals surface area (Å²) >= 11 is 0. The van der Waals surface area contributed by atoms with E-state index in [1.807, 2.05) is 0 Å². The highest BCUT2D eigenvalue weighted by atomic mass is 16.6. The number of rotatable bonds is 6. The average molecular weight is 281 g/mol. The number of hydrogen-bond acceptors (Lipinski definition) is 5. The summed E-state index contributed by atoms with van der Waals surface area (Å²) in [6.07, 6.45) is 0. The van der Waals surface area contributed by atoms with E-state index in [0.29, 0.717) is 0 Å². The van der Waals surface area contributed by atoms with Gasteiger partial charge in [0.25, 0.3) is 5.69 Å². The molecule has 0 aliphatic carbocycles. The standard InChI is InChI=1S/C12H15N3O5/c1-6(2)10(11(13)16)14-8-4-3-7(12(17)18)5-9(8)15(19)20/h3-6,10,14H,1-2H3,(H2,13,16)(H,17,18). The summed E-state index contributed by atoms with van der Waals surface area (Å²) in [6.45, 7) is 3.47. The minimum absolute atomic E-state index is 0.0532. The zero-order valence-electron chi connectivity index (χ0n) is 11.0. The van der Waals surface area contributed by atoms with Crippen molar-refractivity contribution in [1.29, 1.82) is 0 Å². The highest BCUT2D eigenvalue weighted by Gasteiger charge is 2.24. The normalized spacial score (nSPS) is 11.9. The molecular weight excluding hydrogens is 266 g/mol. The molecule has 0 aromatic heterocycles. The highest BCUT2D eigenvalue weighted by Crippen LogP contribution is 2.27. The number of carbonyl (C=O) groups is 2. The van der Waals surface area contributed by atoms with Crippen LogP contribution >= 0.6 is 0 Å². The summed E-state index contributed by atoms with van der Waals surface area (Å²) in [4.78, 5) is 32.4. The van der Waals surface area contributed by atoms with E-state index in [1.165, 1.54) is 12.1 Å². The molecule has 1 rings (SSSR count). The number of benzene rings is 1. The van der Waals surface area contributed by atoms with Gasteiger partial charge in [-0.1, -0.05) is 13.8 Å². The zero-order valence-corrected chi connectivity index (χ0v) is 11.0. The highest BCUT2D eigenvalue weighted by molar-refractivity contribution is 5.90. The number of primary amides is 1. The number of nitrogens with two attached hydrogens (primary N) is 1. The number of nitrogens with zero attached hydrogens (tertiary/aromatic N) is 1. The van der Waals surface area contributed by atoms with Crippen molar-refractivity contribution in [1.82, 2.24) is 0 Å². The van der Waals surface area contributed by atoms with Gasteiger partial charge in [0.2, 0.25) is 5.91 Å². The van der Waals surface area contributed by atoms with E-state index in [0.717, 1.165) is 6.07 Å². The Balaban J connectivity index is 3.20. The van der Waals surface area contributed by atoms with E-state index in [-0.39, 0.29) is 17.2 Å². The molecule has 4 N–H and O–H groups in total. The van der Waals surface area contributed by atoms with Crippen LogP contribution in [0.4, 0.5) is 11.4 Å². The number of nitro groups is 1. The molecule has 0 saturated heterocycles. The second kappa shape index (κ2) is 6.00. The van der Waals surface area contributed by atoms with Gasteiger partial charge in [0.1, 0.15) is 11.7 Å². The van der Waals surface area contributed by atoms with Crippen LogP contribution < -0.4 is 11.1 Å². The number of aromatic carboxylic acids is 1. The zero-order chi connectivity index (χ0) is 15.4. The van der Waals surface area contributed by atoms with E-state index >= 15 is 0 Å². The molecule has 0 aliphatic heterocycles. The summed E-state index contributed by atoms with van der Waals surface area (Å²) in [5.41, 5.74) is 4.65. The van der Waals surface area contributed by atoms with Gasteiger partial charge < -0.3 is 16.2 Å². The fourth-order valence-electron chi connectivity index (χ4n) is 1.67. The van der Waals surface area contributed by atoms with Crippen LogP contribution in [0.25, 0.3) is 0 Å². The van der Waals surface area contributed by atoms with E-state index in [1.54, 1.807) is 13.8 Å². The molecular formula is C12H15N3O5. The molecule has 0 heterocycles. The van der Waals surface area contributed by atoms with Crippen LogP contribution in [-0.4, -0.2) is 27.9 Å². The summed E-state index contributed by atoms with van der Waals surface area (Å²) < 4.78 is 0. The Bertz CT molecular complexity index is 556. The van der Waals surface area contributed by atoms with Gasteiger partial charge in [0.15, 0.2) is 0 Å². The molecule has 1 aromatic carbocycles. The third-order valence-electron chi connectivity index (χ3n) is 2.73. The van der Waals surface area contributed by atoms with Gasteiger partial charge in [0, 0.05) is 6.07 Å². The topological polar surface area (TPSA) is 136 Å². The first kappa shape index (κ1) is 15.4. The predicted molar refractivity (Wildman–Crippen MR) is 71.5 cm³/mol. The molecule has 8 nitrogen and oxygen atoms in total. The maximum absolute atomic E-state index is 11.3. The lowest BCUT2D eigenvalue weighted by Crippen LogP contribution is -2.39. The number of nitrogens with one attached hydrogen (secondary N) is 1. The number of hydrogen-bond donors (Lipinski definition) is 3. The number of anilines is 1. The maximum Gasteiger partial charge on any atom is 0.335 e. The number of carboxylic acids is 1. The van der Waals surface area contributed by atoms with Gasteiger partial charge >= 0.3 is 5.97 Å². The minimum Gasteiger partial charge on any atom is -0.478 e. The first-order chi connectivity index (χ1) is 9.23. The van der Waals surface area contributed by atoms with Crippen LogP contribution in [0.5, 0.6) is 0 Å². The second-order valence-corrected chi connectivity index (χ2v) is 4.56. The Morgan fingerprint density at radius 3 is 2.40 bits per heavy atom. The molecule has 1 unspecified atom stereocenters. The molecule has 1 aromatic rings. The molecule has 1 atom stereocenters. The molecule has 0 radical (unpaired) electrons. The molecule has 0 saturated carbocycles. The lowest BCUT2D eigenvalue weighted by molar-refractivity contribution is -0.384. The van der Waals surface area contributed by atoms with Crippen molar-refractivity contribution in [2.45, 2.75) is 19.9 Å². The molecule has 8 heteroatoms. The van der Waals surface area contributed by atoms with E-state index < -0.39 is 28.5 Å². The van der Waals surface area contributed by atoms with E-state index in [9.17, 15) is 19.7 Å². The molecule has 0 fully saturated rings. The first-order valence-corrected chi connectivity index (χ1v) is 5.81. The van der Waals surface area contributed by atoms with Crippen molar-refractivity contribution in [2.75, 3.05) is 5.32 Å². The second-order valence-electron chi connectivity index (χ2n) is 4.56. The fourth-order valence-corrected chi connectivity index (χ4v) is 1.67.